The van der Waals surface area contributed by atoms with Crippen molar-refractivity contribution >= 4 is 27.2 Å². The van der Waals surface area contributed by atoms with E-state index < -0.39 is 15.7 Å². The summed E-state index contributed by atoms with van der Waals surface area (Å²) in [7, 11) is -3.81. The molecule has 1 aromatic heterocycles. The van der Waals surface area contributed by atoms with Gasteiger partial charge < -0.3 is 19.5 Å². The number of nitrogens with one attached hydrogen (secondary N) is 1. The lowest BCUT2D eigenvalue weighted by Gasteiger charge is -2.31. The Morgan fingerprint density at radius 1 is 1.08 bits per heavy atom. The molecule has 1 saturated heterocycles. The van der Waals surface area contributed by atoms with Crippen molar-refractivity contribution in [1.82, 2.24) is 24.7 Å². The Balaban J connectivity index is 1.42. The quantitative estimate of drug-likeness (QED) is 0.352. The number of rotatable bonds is 11. The van der Waals surface area contributed by atoms with Gasteiger partial charge in [-0.3, -0.25) is 4.90 Å². The molecule has 8 nitrogen and oxygen atoms in total. The third kappa shape index (κ3) is 7.63. The maximum Gasteiger partial charge on any atom is 0.228 e. The molecule has 0 bridgehead atoms. The van der Waals surface area contributed by atoms with Crippen molar-refractivity contribution in [3.05, 3.63) is 83.4 Å². The average Bonchev–Trinajstić information content (AvgIpc) is 3.66. The van der Waals surface area contributed by atoms with Gasteiger partial charge in [-0.2, -0.15) is 0 Å². The van der Waals surface area contributed by atoms with Crippen LogP contribution in [0, 0.1) is 5.82 Å². The zero-order valence-corrected chi connectivity index (χ0v) is 23.5. The van der Waals surface area contributed by atoms with E-state index in [2.05, 4.69) is 20.1 Å². The van der Waals surface area contributed by atoms with Crippen molar-refractivity contribution in [2.75, 3.05) is 39.4 Å². The second kappa shape index (κ2) is 12.5. The Morgan fingerprint density at radius 2 is 1.79 bits per heavy atom. The Morgan fingerprint density at radius 3 is 2.49 bits per heavy atom. The zero-order chi connectivity index (χ0) is 27.2. The van der Waals surface area contributed by atoms with Gasteiger partial charge in [-0.1, -0.05) is 42.5 Å². The van der Waals surface area contributed by atoms with Crippen molar-refractivity contribution < 1.29 is 17.5 Å². The van der Waals surface area contributed by atoms with E-state index in [4.69, 9.17) is 17.0 Å². The van der Waals surface area contributed by atoms with Crippen molar-refractivity contribution in [3.63, 3.8) is 0 Å². The van der Waals surface area contributed by atoms with Crippen LogP contribution < -0.4 is 5.32 Å². The van der Waals surface area contributed by atoms with Gasteiger partial charge in [0.25, 0.3) is 0 Å². The van der Waals surface area contributed by atoms with E-state index in [0.29, 0.717) is 36.4 Å². The van der Waals surface area contributed by atoms with Gasteiger partial charge in [-0.15, -0.1) is 0 Å². The summed E-state index contributed by atoms with van der Waals surface area (Å²) in [6.07, 6.45) is 3.85. The third-order valence-corrected chi connectivity index (χ3v) is 8.94. The number of aromatic nitrogens is 2. The van der Waals surface area contributed by atoms with Gasteiger partial charge in [0.05, 0.1) is 43.9 Å². The minimum absolute atomic E-state index is 0.000113. The van der Waals surface area contributed by atoms with Crippen molar-refractivity contribution in [3.8, 4) is 0 Å². The van der Waals surface area contributed by atoms with Crippen LogP contribution in [0.3, 0.4) is 0 Å². The minimum atomic E-state index is -3.81. The Bertz CT molecular complexity index is 1360. The molecule has 2 aliphatic rings. The molecule has 0 radical (unpaired) electrons. The Hall–Kier alpha value is -2.86. The number of hydrogen-bond donors (Lipinski definition) is 1. The van der Waals surface area contributed by atoms with E-state index in [-0.39, 0.29) is 10.9 Å². The van der Waals surface area contributed by atoms with Gasteiger partial charge >= 0.3 is 0 Å². The predicted molar refractivity (Wildman–Crippen MR) is 151 cm³/mol. The second-order valence-electron chi connectivity index (χ2n) is 10.1. The molecule has 11 heteroatoms. The fourth-order valence-electron chi connectivity index (χ4n) is 4.59. The number of benzene rings is 2. The summed E-state index contributed by atoms with van der Waals surface area (Å²) in [5.41, 5.74) is 2.24. The van der Waals surface area contributed by atoms with Crippen LogP contribution in [0.4, 0.5) is 4.39 Å². The van der Waals surface area contributed by atoms with Crippen LogP contribution in [0.15, 0.2) is 66.0 Å². The summed E-state index contributed by atoms with van der Waals surface area (Å²) in [6, 6.07) is 15.7. The molecule has 208 valence electrons. The van der Waals surface area contributed by atoms with E-state index in [0.717, 1.165) is 56.9 Å². The second-order valence-corrected chi connectivity index (χ2v) is 12.4. The van der Waals surface area contributed by atoms with Gasteiger partial charge in [-0.25, -0.2) is 17.8 Å². The van der Waals surface area contributed by atoms with Crippen LogP contribution in [0.1, 0.15) is 29.7 Å². The van der Waals surface area contributed by atoms with Gasteiger partial charge in [-0.05, 0) is 48.3 Å². The number of imidazole rings is 1. The van der Waals surface area contributed by atoms with Crippen LogP contribution in [-0.4, -0.2) is 78.3 Å². The number of halogens is 1. The first-order valence-corrected chi connectivity index (χ1v) is 15.3. The lowest BCUT2D eigenvalue weighted by atomic mass is 10.2. The molecule has 39 heavy (non-hydrogen) atoms. The molecule has 0 spiro atoms. The molecule has 0 unspecified atom stereocenters. The molecule has 1 saturated carbocycles. The molecule has 1 aliphatic heterocycles. The van der Waals surface area contributed by atoms with Gasteiger partial charge in [0.15, 0.2) is 5.11 Å². The first-order valence-electron chi connectivity index (χ1n) is 13.3. The van der Waals surface area contributed by atoms with Crippen LogP contribution >= 0.6 is 12.2 Å². The highest BCUT2D eigenvalue weighted by atomic mass is 32.2. The molecule has 0 amide bonds. The fraction of sp³-hybridized carbons (Fsp3) is 0.429. The summed E-state index contributed by atoms with van der Waals surface area (Å²) in [4.78, 5) is 8.88. The van der Waals surface area contributed by atoms with Crippen molar-refractivity contribution in [1.29, 1.82) is 0 Å². The smallest absolute Gasteiger partial charge is 0.228 e. The molecule has 5 rings (SSSR count). The zero-order valence-electron chi connectivity index (χ0n) is 21.8. The maximum absolute atomic E-state index is 13.6. The highest BCUT2D eigenvalue weighted by molar-refractivity contribution is 7.90. The topological polar surface area (TPSA) is 79.7 Å². The average molecular weight is 572 g/mol. The molecule has 1 N–H and O–H groups in total. The normalized spacial score (nSPS) is 16.2. The van der Waals surface area contributed by atoms with Crippen molar-refractivity contribution in [2.24, 2.45) is 0 Å². The van der Waals surface area contributed by atoms with E-state index in [1.54, 1.807) is 10.8 Å². The molecule has 2 heterocycles. The molecule has 3 aromatic rings. The molecule has 2 fully saturated rings. The summed E-state index contributed by atoms with van der Waals surface area (Å²) in [5.74, 6) is -0.669. The summed E-state index contributed by atoms with van der Waals surface area (Å²) >= 11 is 5.80. The monoisotopic (exact) mass is 571 g/mol. The molecular weight excluding hydrogens is 537 g/mol. The fourth-order valence-corrected chi connectivity index (χ4v) is 6.41. The predicted octanol–water partition coefficient (Wildman–Crippen LogP) is 3.22. The number of nitrogens with zero attached hydrogens (tertiary/aromatic N) is 4. The Kier molecular flexibility index (Phi) is 8.91. The molecule has 2 aromatic carbocycles. The van der Waals surface area contributed by atoms with Gasteiger partial charge in [0.2, 0.25) is 15.0 Å². The lowest BCUT2D eigenvalue weighted by Crippen LogP contribution is -2.46. The first-order chi connectivity index (χ1) is 18.9. The molecular formula is C28H34FN5O3S2. The van der Waals surface area contributed by atoms with E-state index in [9.17, 15) is 12.8 Å². The number of thiocarbonyl (C=S) groups is 1. The van der Waals surface area contributed by atoms with E-state index in [1.807, 2.05) is 30.3 Å². The van der Waals surface area contributed by atoms with Crippen molar-refractivity contribution in [2.45, 2.75) is 42.9 Å². The van der Waals surface area contributed by atoms with E-state index >= 15 is 0 Å². The lowest BCUT2D eigenvalue weighted by molar-refractivity contribution is 0.0356. The molecule has 0 atom stereocenters. The minimum Gasteiger partial charge on any atom is -0.379 e. The third-order valence-electron chi connectivity index (χ3n) is 6.97. The van der Waals surface area contributed by atoms with Crippen LogP contribution in [0.25, 0.3) is 0 Å². The highest BCUT2D eigenvalue weighted by Crippen LogP contribution is 2.22. The maximum atomic E-state index is 13.6. The summed E-state index contributed by atoms with van der Waals surface area (Å²) in [6.45, 7) is 5.53. The first kappa shape index (κ1) is 27.7. The number of sulfone groups is 1. The number of hydrogen-bond acceptors (Lipinski definition) is 6. The van der Waals surface area contributed by atoms with Crippen LogP contribution in [-0.2, 0) is 33.4 Å². The largest absolute Gasteiger partial charge is 0.379 e. The molecule has 1 aliphatic carbocycles. The van der Waals surface area contributed by atoms with Gasteiger partial charge in [0.1, 0.15) is 5.82 Å². The number of ether oxygens (including phenoxy) is 1. The van der Waals surface area contributed by atoms with Crippen LogP contribution in [0.2, 0.25) is 0 Å². The number of morpholine rings is 1. The Labute approximate surface area is 234 Å². The van der Waals surface area contributed by atoms with Gasteiger partial charge in [0, 0.05) is 32.2 Å². The highest BCUT2D eigenvalue weighted by Gasteiger charge is 2.28. The standard InChI is InChI=1S/C28H34FN5O3S2/c29-24-8-6-23(7-9-24)21-39(35,36)28-30-18-26(34(28)19-22-4-2-1-3-5-22)20-33(27(38)31-25-10-11-25)13-12-32-14-16-37-17-15-32/h1-9,18,25H,10-17,19-21H2,(H,31,38). The summed E-state index contributed by atoms with van der Waals surface area (Å²) in [5, 5.41) is 4.12. The van der Waals surface area contributed by atoms with Crippen LogP contribution in [0.5, 0.6) is 0 Å². The SMILES string of the molecule is O=S(=O)(Cc1ccc(F)cc1)c1ncc(CN(CCN2CCOCC2)C(=S)NC2CC2)n1Cc1ccccc1. The summed E-state index contributed by atoms with van der Waals surface area (Å²) < 4.78 is 47.8. The van der Waals surface area contributed by atoms with E-state index in [1.165, 1.54) is 24.3 Å².